The summed E-state index contributed by atoms with van der Waals surface area (Å²) < 4.78 is 14.8. The predicted octanol–water partition coefficient (Wildman–Crippen LogP) is 4.18. The molecule has 9 heteroatoms. The zero-order chi connectivity index (χ0) is 26.5. The minimum atomic E-state index is -1.77. The number of H-pyrrole nitrogens is 1. The Morgan fingerprint density at radius 1 is 1.30 bits per heavy atom. The number of para-hydroxylation sites is 1. The number of terminal acetylenes is 1. The number of nitrogens with zero attached hydrogens (tertiary/aromatic N) is 1. The van der Waals surface area contributed by atoms with Crippen molar-refractivity contribution in [2.24, 2.45) is 0 Å². The highest BCUT2D eigenvalue weighted by atomic mass is 35.5. The van der Waals surface area contributed by atoms with Crippen LogP contribution >= 0.6 is 11.6 Å². The molecule has 2 aliphatic heterocycles. The van der Waals surface area contributed by atoms with E-state index < -0.39 is 35.0 Å². The van der Waals surface area contributed by atoms with Crippen LogP contribution in [0.3, 0.4) is 0 Å². The summed E-state index contributed by atoms with van der Waals surface area (Å²) in [4.78, 5) is 44.5. The highest BCUT2D eigenvalue weighted by Gasteiger charge is 2.56. The van der Waals surface area contributed by atoms with Crippen molar-refractivity contribution < 1.29 is 18.8 Å². The number of aromatic nitrogens is 1. The zero-order valence-corrected chi connectivity index (χ0v) is 21.2. The van der Waals surface area contributed by atoms with Gasteiger partial charge in [0.25, 0.3) is 5.91 Å². The number of fused-ring (bicyclic) bond motifs is 3. The van der Waals surface area contributed by atoms with Gasteiger partial charge in [-0.25, -0.2) is 4.39 Å². The van der Waals surface area contributed by atoms with Gasteiger partial charge in [-0.3, -0.25) is 14.4 Å². The highest BCUT2D eigenvalue weighted by Crippen LogP contribution is 2.46. The van der Waals surface area contributed by atoms with E-state index in [1.165, 1.54) is 18.7 Å². The van der Waals surface area contributed by atoms with Crippen LogP contribution in [-0.4, -0.2) is 51.9 Å². The molecule has 3 heterocycles. The van der Waals surface area contributed by atoms with Crippen molar-refractivity contribution in [3.8, 4) is 12.3 Å². The van der Waals surface area contributed by atoms with Crippen molar-refractivity contribution in [2.75, 3.05) is 11.9 Å². The molecule has 1 aromatic heterocycles. The second-order valence-corrected chi connectivity index (χ2v) is 10.7. The SMILES string of the molecule is C#C[C@@H]1C[C@@]2(CN1C(=O)[C@H](CC(C)(C)F)NC(=O)c1cc3c(Cl)cccc3[nH]1)C(=O)Nc1ccccc12. The van der Waals surface area contributed by atoms with E-state index >= 15 is 0 Å². The topological polar surface area (TPSA) is 94.3 Å². The summed E-state index contributed by atoms with van der Waals surface area (Å²) in [5, 5.41) is 6.70. The molecule has 1 spiro atoms. The number of hydrogen-bond donors (Lipinski definition) is 3. The van der Waals surface area contributed by atoms with Crippen LogP contribution in [-0.2, 0) is 15.0 Å². The lowest BCUT2D eigenvalue weighted by molar-refractivity contribution is -0.134. The number of carbonyl (C=O) groups excluding carboxylic acids is 3. The molecule has 0 saturated carbocycles. The van der Waals surface area contributed by atoms with E-state index in [0.29, 0.717) is 21.6 Å². The summed E-state index contributed by atoms with van der Waals surface area (Å²) in [7, 11) is 0. The quantitative estimate of drug-likeness (QED) is 0.440. The molecule has 0 radical (unpaired) electrons. The second-order valence-electron chi connectivity index (χ2n) is 10.3. The molecule has 1 fully saturated rings. The van der Waals surface area contributed by atoms with Crippen molar-refractivity contribution in [1.29, 1.82) is 0 Å². The summed E-state index contributed by atoms with van der Waals surface area (Å²) in [6.45, 7) is 2.71. The summed E-state index contributed by atoms with van der Waals surface area (Å²) in [6.07, 6.45) is 5.76. The maximum atomic E-state index is 14.8. The molecule has 3 amide bonds. The Balaban J connectivity index is 1.44. The number of likely N-dealkylation sites (tertiary alicyclic amines) is 1. The van der Waals surface area contributed by atoms with Gasteiger partial charge in [0.2, 0.25) is 11.8 Å². The van der Waals surface area contributed by atoms with Crippen LogP contribution in [0.1, 0.15) is 42.7 Å². The Morgan fingerprint density at radius 3 is 2.76 bits per heavy atom. The van der Waals surface area contributed by atoms with Gasteiger partial charge in [-0.2, -0.15) is 0 Å². The third-order valence-corrected chi connectivity index (χ3v) is 7.44. The maximum Gasteiger partial charge on any atom is 0.268 e. The number of anilines is 1. The zero-order valence-electron chi connectivity index (χ0n) is 20.4. The van der Waals surface area contributed by atoms with Crippen molar-refractivity contribution in [1.82, 2.24) is 15.2 Å². The van der Waals surface area contributed by atoms with Crippen molar-refractivity contribution in [2.45, 2.75) is 49.9 Å². The van der Waals surface area contributed by atoms with Gasteiger partial charge in [-0.15, -0.1) is 6.42 Å². The van der Waals surface area contributed by atoms with E-state index in [-0.39, 0.29) is 31.0 Å². The minimum absolute atomic E-state index is 0.0324. The number of hydrogen-bond acceptors (Lipinski definition) is 3. The Kier molecular flexibility index (Phi) is 5.99. The van der Waals surface area contributed by atoms with E-state index in [2.05, 4.69) is 21.5 Å². The van der Waals surface area contributed by atoms with Gasteiger partial charge >= 0.3 is 0 Å². The van der Waals surface area contributed by atoms with Gasteiger partial charge in [0.05, 0.1) is 11.5 Å². The molecule has 37 heavy (non-hydrogen) atoms. The van der Waals surface area contributed by atoms with E-state index in [0.717, 1.165) is 5.56 Å². The second kappa shape index (κ2) is 8.93. The van der Waals surface area contributed by atoms with Gasteiger partial charge in [-0.1, -0.05) is 41.8 Å². The van der Waals surface area contributed by atoms with Crippen LogP contribution in [0.5, 0.6) is 0 Å². The van der Waals surface area contributed by atoms with E-state index in [1.54, 1.807) is 30.3 Å². The van der Waals surface area contributed by atoms with Crippen molar-refractivity contribution in [3.05, 3.63) is 64.8 Å². The van der Waals surface area contributed by atoms with Crippen LogP contribution < -0.4 is 10.6 Å². The molecule has 2 aromatic carbocycles. The number of amides is 3. The number of alkyl halides is 1. The Morgan fingerprint density at radius 2 is 2.05 bits per heavy atom. The van der Waals surface area contributed by atoms with Crippen molar-refractivity contribution >= 4 is 45.9 Å². The minimum Gasteiger partial charge on any atom is -0.350 e. The van der Waals surface area contributed by atoms with E-state index in [4.69, 9.17) is 18.0 Å². The Bertz CT molecular complexity index is 1470. The van der Waals surface area contributed by atoms with Crippen molar-refractivity contribution in [3.63, 3.8) is 0 Å². The van der Waals surface area contributed by atoms with Crippen LogP contribution in [0.4, 0.5) is 10.1 Å². The average Bonchev–Trinajstić information content (AvgIpc) is 3.53. The van der Waals surface area contributed by atoms with Crippen LogP contribution in [0.25, 0.3) is 10.9 Å². The first-order valence-electron chi connectivity index (χ1n) is 12.0. The molecule has 3 N–H and O–H groups in total. The summed E-state index contributed by atoms with van der Waals surface area (Å²) in [5.74, 6) is 1.28. The summed E-state index contributed by atoms with van der Waals surface area (Å²) in [5.41, 5.74) is -0.463. The number of benzene rings is 2. The van der Waals surface area contributed by atoms with Gasteiger partial charge in [0.1, 0.15) is 17.4 Å². The number of carbonyl (C=O) groups is 3. The fraction of sp³-hybridized carbons (Fsp3) is 0.321. The largest absolute Gasteiger partial charge is 0.350 e. The Hall–Kier alpha value is -3.83. The number of halogens is 2. The molecule has 3 atom stereocenters. The normalized spacial score (nSPS) is 21.5. The molecule has 3 aromatic rings. The number of aromatic amines is 1. The first-order chi connectivity index (χ1) is 17.5. The maximum absolute atomic E-state index is 14.8. The first-order valence-corrected chi connectivity index (χ1v) is 12.3. The van der Waals surface area contributed by atoms with E-state index in [1.807, 2.05) is 18.2 Å². The lowest BCUT2D eigenvalue weighted by Crippen LogP contribution is -2.52. The third kappa shape index (κ3) is 4.34. The molecule has 0 aliphatic carbocycles. The summed E-state index contributed by atoms with van der Waals surface area (Å²) >= 11 is 6.23. The molecule has 2 aliphatic rings. The molecular formula is C28H26ClFN4O3. The van der Waals surface area contributed by atoms with Gasteiger partial charge in [0.15, 0.2) is 0 Å². The smallest absolute Gasteiger partial charge is 0.268 e. The molecule has 1 saturated heterocycles. The van der Waals surface area contributed by atoms with Gasteiger partial charge in [0, 0.05) is 34.6 Å². The molecule has 5 rings (SSSR count). The molecular weight excluding hydrogens is 495 g/mol. The predicted molar refractivity (Wildman–Crippen MR) is 140 cm³/mol. The standard InChI is InChI=1S/C28H26ClFN4O3/c1-4-16-13-28(18-8-5-6-10-21(18)33-26(28)37)15-34(16)25(36)23(14-27(2,3)30)32-24(35)22-12-17-19(29)9-7-11-20(17)31-22/h1,5-12,16,23,31H,13-15H2,2-3H3,(H,32,35)(H,33,37)/t16-,23+,28+/m1/s1. The monoisotopic (exact) mass is 520 g/mol. The molecule has 0 bridgehead atoms. The van der Waals surface area contributed by atoms with Crippen LogP contribution in [0, 0.1) is 12.3 Å². The molecule has 190 valence electrons. The highest BCUT2D eigenvalue weighted by molar-refractivity contribution is 6.35. The van der Waals surface area contributed by atoms with Crippen LogP contribution in [0.2, 0.25) is 5.02 Å². The fourth-order valence-corrected chi connectivity index (χ4v) is 5.61. The van der Waals surface area contributed by atoms with Gasteiger partial charge in [-0.05, 0) is 50.1 Å². The number of rotatable bonds is 5. The fourth-order valence-electron chi connectivity index (χ4n) is 5.38. The molecule has 0 unspecified atom stereocenters. The Labute approximate surface area is 218 Å². The lowest BCUT2D eigenvalue weighted by Gasteiger charge is -2.30. The number of nitrogens with one attached hydrogen (secondary N) is 3. The third-order valence-electron chi connectivity index (χ3n) is 7.11. The van der Waals surface area contributed by atoms with Crippen LogP contribution in [0.15, 0.2) is 48.5 Å². The van der Waals surface area contributed by atoms with E-state index in [9.17, 15) is 18.8 Å². The lowest BCUT2D eigenvalue weighted by atomic mass is 9.79. The average molecular weight is 521 g/mol. The van der Waals surface area contributed by atoms with Gasteiger partial charge < -0.3 is 20.5 Å². The molecule has 7 nitrogen and oxygen atoms in total. The first kappa shape index (κ1) is 24.8. The summed E-state index contributed by atoms with van der Waals surface area (Å²) in [6, 6.07) is 12.2.